The molecule has 28 heavy (non-hydrogen) atoms. The van der Waals surface area contributed by atoms with Crippen LogP contribution >= 0.6 is 15.2 Å². The molecule has 0 aromatic carbocycles. The number of aliphatic hydroxyl groups excluding tert-OH is 1. The van der Waals surface area contributed by atoms with Crippen LogP contribution in [0.25, 0.3) is 0 Å². The van der Waals surface area contributed by atoms with E-state index >= 15 is 0 Å². The van der Waals surface area contributed by atoms with Crippen LogP contribution in [-0.4, -0.2) is 32.0 Å². The minimum Gasteiger partial charge on any atom is -0.370 e. The molecule has 0 heterocycles. The van der Waals surface area contributed by atoms with Crippen LogP contribution in [0.1, 0.15) is 90.4 Å². The average Bonchev–Trinajstić information content (AvgIpc) is 2.53. The summed E-state index contributed by atoms with van der Waals surface area (Å²) < 4.78 is 26.8. The maximum Gasteiger partial charge on any atom is 0.368 e. The number of hydrogen-bond acceptors (Lipinski definition) is 7. The predicted octanol–water partition coefficient (Wildman–Crippen LogP) is 5.22. The largest absolute Gasteiger partial charge is 0.370 e. The van der Waals surface area contributed by atoms with Crippen molar-refractivity contribution in [1.29, 1.82) is 0 Å². The van der Waals surface area contributed by atoms with Gasteiger partial charge in [0.1, 0.15) is 0 Å². The minimum atomic E-state index is -5.05. The fourth-order valence-corrected chi connectivity index (χ4v) is 4.82. The molecule has 0 spiro atoms. The Bertz CT molecular complexity index is 425. The summed E-state index contributed by atoms with van der Waals surface area (Å²) in [5.41, 5.74) is -2.66. The summed E-state index contributed by atoms with van der Waals surface area (Å²) in [5.74, 6) is 0. The zero-order chi connectivity index (χ0) is 19.2. The second-order valence-corrected chi connectivity index (χ2v) is 10.5. The Labute approximate surface area is 170 Å². The smallest absolute Gasteiger partial charge is 0.368 e. The van der Waals surface area contributed by atoms with Crippen LogP contribution in [0, 0.1) is 0 Å². The maximum atomic E-state index is 11.5. The predicted molar refractivity (Wildman–Crippen MR) is 115 cm³/mol. The van der Waals surface area contributed by atoms with Gasteiger partial charge in [-0.3, -0.25) is 9.13 Å². The molecule has 2 unspecified atom stereocenters. The van der Waals surface area contributed by atoms with Crippen LogP contribution in [0.4, 0.5) is 0 Å². The third-order valence-corrected chi connectivity index (χ3v) is 7.63. The van der Waals surface area contributed by atoms with Crippen molar-refractivity contribution < 1.29 is 33.4 Å². The van der Waals surface area contributed by atoms with Gasteiger partial charge in [0.2, 0.25) is 0 Å². The Morgan fingerprint density at radius 3 is 1.32 bits per heavy atom. The normalized spacial score (nSPS) is 14.2. The Morgan fingerprint density at radius 1 is 0.679 bits per heavy atom. The summed E-state index contributed by atoms with van der Waals surface area (Å²) in [6.45, 7) is 2.13. The molecule has 0 fully saturated rings. The lowest BCUT2D eigenvalue weighted by Gasteiger charge is -2.18. The van der Waals surface area contributed by atoms with Gasteiger partial charge in [-0.25, -0.2) is 0 Å². The van der Waals surface area contributed by atoms with E-state index in [0.29, 0.717) is 6.42 Å². The Balaban J connectivity index is -0.000000960. The van der Waals surface area contributed by atoms with Gasteiger partial charge in [0.25, 0.3) is 5.59 Å². The van der Waals surface area contributed by atoms with Crippen molar-refractivity contribution in [3.8, 4) is 0 Å². The molecule has 0 saturated carbocycles. The minimum absolute atomic E-state index is 0. The topological polar surface area (TPSA) is 229 Å². The lowest BCUT2D eigenvalue weighted by molar-refractivity contribution is 0.186. The van der Waals surface area contributed by atoms with Crippen LogP contribution < -0.4 is 18.5 Å². The zero-order valence-electron chi connectivity index (χ0n) is 17.5. The number of hydrogen-bond donors (Lipinski definition) is 7. The van der Waals surface area contributed by atoms with E-state index in [-0.39, 0.29) is 25.1 Å². The highest BCUT2D eigenvalue weighted by Crippen LogP contribution is 2.61. The molecule has 13 N–H and O–H groups in total. The highest BCUT2D eigenvalue weighted by atomic mass is 31.2. The van der Waals surface area contributed by atoms with E-state index in [4.69, 9.17) is 14.9 Å². The molecule has 0 aromatic heterocycles. The molecule has 0 aromatic rings. The fraction of sp³-hybridized carbons (Fsp3) is 1.00. The summed E-state index contributed by atoms with van der Waals surface area (Å²) >= 11 is 0. The molecular weight excluding hydrogens is 408 g/mol. The third kappa shape index (κ3) is 19.5. The van der Waals surface area contributed by atoms with Crippen LogP contribution in [0.15, 0.2) is 0 Å². The van der Waals surface area contributed by atoms with Crippen molar-refractivity contribution in [3.05, 3.63) is 0 Å². The maximum absolute atomic E-state index is 11.5. The van der Waals surface area contributed by atoms with Gasteiger partial charge < -0.3 is 42.8 Å². The van der Waals surface area contributed by atoms with Gasteiger partial charge in [0.15, 0.2) is 0 Å². The van der Waals surface area contributed by atoms with E-state index in [1.54, 1.807) is 0 Å². The molecule has 176 valence electrons. The van der Waals surface area contributed by atoms with E-state index in [0.717, 1.165) is 19.3 Å². The van der Waals surface area contributed by atoms with Crippen LogP contribution in [0.2, 0.25) is 0 Å². The van der Waals surface area contributed by atoms with Gasteiger partial charge in [-0.15, -0.1) is 0 Å². The molecule has 12 heteroatoms. The number of unbranched alkanes of at least 4 members (excludes halogenated alkanes) is 12. The monoisotopic (exact) mass is 453 g/mol. The first-order valence-corrected chi connectivity index (χ1v) is 12.7. The molecule has 0 aliphatic carbocycles. The Hall–Kier alpha value is 0.140. The summed E-state index contributed by atoms with van der Waals surface area (Å²) in [7, 11) is -9.75. The molecule has 0 rings (SSSR count). The van der Waals surface area contributed by atoms with Crippen molar-refractivity contribution in [2.24, 2.45) is 0 Å². The van der Waals surface area contributed by atoms with Gasteiger partial charge >= 0.3 is 15.2 Å². The van der Waals surface area contributed by atoms with E-state index in [9.17, 15) is 14.0 Å². The zero-order valence-corrected chi connectivity index (χ0v) is 19.3. The van der Waals surface area contributed by atoms with Crippen molar-refractivity contribution in [2.75, 3.05) is 6.61 Å². The average molecular weight is 453 g/mol. The molecule has 0 radical (unpaired) electrons. The molecular formula is C16H45N3O7P2. The second kappa shape index (κ2) is 20.4. The van der Waals surface area contributed by atoms with Crippen molar-refractivity contribution >= 4 is 15.2 Å². The first-order valence-electron chi connectivity index (χ1n) is 9.42. The van der Waals surface area contributed by atoms with Gasteiger partial charge in [0, 0.05) is 0 Å². The molecule has 0 bridgehead atoms. The Morgan fingerprint density at radius 2 is 1.00 bits per heavy atom. The van der Waals surface area contributed by atoms with Gasteiger partial charge in [-0.1, -0.05) is 84.0 Å². The second-order valence-electron chi connectivity index (χ2n) is 6.58. The quantitative estimate of drug-likeness (QED) is 0.112. The van der Waals surface area contributed by atoms with E-state index in [1.807, 2.05) is 0 Å². The van der Waals surface area contributed by atoms with Crippen molar-refractivity contribution in [2.45, 2.75) is 96.0 Å². The SMILES string of the molecule is CCCCCCCCCCCCCCCOP(=O)(O)C(O)P(=O)(O)O.N.N.N. The van der Waals surface area contributed by atoms with E-state index in [1.165, 1.54) is 57.8 Å². The first-order chi connectivity index (χ1) is 11.7. The summed E-state index contributed by atoms with van der Waals surface area (Å²) in [4.78, 5) is 26.7. The lowest BCUT2D eigenvalue weighted by Crippen LogP contribution is -2.10. The lowest BCUT2D eigenvalue weighted by atomic mass is 10.0. The fourth-order valence-electron chi connectivity index (χ4n) is 2.57. The number of aliphatic hydroxyl groups is 1. The van der Waals surface area contributed by atoms with E-state index in [2.05, 4.69) is 11.4 Å². The van der Waals surface area contributed by atoms with E-state index < -0.39 is 20.8 Å². The molecule has 0 amide bonds. The van der Waals surface area contributed by atoms with Gasteiger partial charge in [-0.2, -0.15) is 0 Å². The highest BCUT2D eigenvalue weighted by molar-refractivity contribution is 7.70. The first kappa shape index (κ1) is 35.6. The summed E-state index contributed by atoms with van der Waals surface area (Å²) in [6, 6.07) is 0. The molecule has 0 aliphatic heterocycles. The van der Waals surface area contributed by atoms with Crippen LogP contribution in [-0.2, 0) is 13.7 Å². The van der Waals surface area contributed by atoms with Crippen LogP contribution in [0.5, 0.6) is 0 Å². The molecule has 10 nitrogen and oxygen atoms in total. The molecule has 2 atom stereocenters. The van der Waals surface area contributed by atoms with Crippen LogP contribution in [0.3, 0.4) is 0 Å². The highest BCUT2D eigenvalue weighted by Gasteiger charge is 2.44. The van der Waals surface area contributed by atoms with Crippen molar-refractivity contribution in [1.82, 2.24) is 18.5 Å². The van der Waals surface area contributed by atoms with Crippen molar-refractivity contribution in [3.63, 3.8) is 0 Å². The number of rotatable bonds is 17. The Kier molecular flexibility index (Phi) is 25.9. The summed E-state index contributed by atoms with van der Waals surface area (Å²) in [5, 5.41) is 9.12. The summed E-state index contributed by atoms with van der Waals surface area (Å²) in [6.07, 6.45) is 15.1. The third-order valence-electron chi connectivity index (χ3n) is 4.12. The molecule has 0 aliphatic rings. The standard InChI is InChI=1S/C16H36O7P2.3H3N/c1-2-3-4-5-6-7-8-9-10-11-12-13-14-15-23-25(21,22)16(17)24(18,19)20;;;/h16-17H,2-15H2,1H3,(H,21,22)(H2,18,19,20);3*1H3. The van der Waals surface area contributed by atoms with Gasteiger partial charge in [-0.05, 0) is 6.42 Å². The molecule has 0 saturated heterocycles. The van der Waals surface area contributed by atoms with Gasteiger partial charge in [0.05, 0.1) is 6.61 Å².